The highest BCUT2D eigenvalue weighted by atomic mass is 32.2. The van der Waals surface area contributed by atoms with E-state index in [0.717, 1.165) is 27.0 Å². The molecule has 0 aliphatic heterocycles. The molecule has 2 heterocycles. The summed E-state index contributed by atoms with van der Waals surface area (Å²) in [6, 6.07) is 25.6. The van der Waals surface area contributed by atoms with Gasteiger partial charge in [0.2, 0.25) is 0 Å². The van der Waals surface area contributed by atoms with Crippen LogP contribution in [0, 0.1) is 13.5 Å². The van der Waals surface area contributed by atoms with E-state index in [2.05, 4.69) is 4.85 Å². The maximum atomic E-state index is 14.0. The molecular weight excluding hydrogens is 436 g/mol. The Hall–Kier alpha value is -3.66. The molecule has 3 aromatic carbocycles. The van der Waals surface area contributed by atoms with Crippen LogP contribution < -0.4 is 0 Å². The van der Waals surface area contributed by atoms with Gasteiger partial charge in [-0.1, -0.05) is 66.2 Å². The fraction of sp³-hybridized carbons (Fsp3) is 0.0385. The molecule has 156 valence electrons. The predicted molar refractivity (Wildman–Crippen MR) is 131 cm³/mol. The van der Waals surface area contributed by atoms with Crippen LogP contribution in [-0.2, 0) is 10.0 Å². The quantitative estimate of drug-likeness (QED) is 0.271. The molecule has 0 saturated carbocycles. The average Bonchev–Trinajstić information content (AvgIpc) is 3.45. The van der Waals surface area contributed by atoms with Crippen LogP contribution in [0.4, 0.5) is 5.69 Å². The molecule has 0 saturated heterocycles. The number of hydrogen-bond donors (Lipinski definition) is 0. The Bertz CT molecular complexity index is 1590. The van der Waals surface area contributed by atoms with Crippen LogP contribution in [0.3, 0.4) is 0 Å². The molecule has 0 atom stereocenters. The van der Waals surface area contributed by atoms with Gasteiger partial charge in [0.05, 0.1) is 27.6 Å². The van der Waals surface area contributed by atoms with Gasteiger partial charge in [0.1, 0.15) is 0 Å². The lowest BCUT2D eigenvalue weighted by molar-refractivity contribution is 0.589. The maximum absolute atomic E-state index is 14.0. The molecule has 0 bridgehead atoms. The lowest BCUT2D eigenvalue weighted by Gasteiger charge is -2.13. The van der Waals surface area contributed by atoms with E-state index >= 15 is 0 Å². The van der Waals surface area contributed by atoms with E-state index < -0.39 is 10.0 Å². The number of hydrogen-bond acceptors (Lipinski definition) is 3. The maximum Gasteiger partial charge on any atom is 0.268 e. The molecule has 0 aliphatic carbocycles. The Morgan fingerprint density at radius 2 is 1.59 bits per heavy atom. The third-order valence-corrected chi connectivity index (χ3v) is 8.04. The first-order valence-corrected chi connectivity index (χ1v) is 12.3. The Labute approximate surface area is 190 Å². The second-order valence-electron chi connectivity index (χ2n) is 7.43. The van der Waals surface area contributed by atoms with Crippen LogP contribution in [0.1, 0.15) is 5.56 Å². The monoisotopic (exact) mass is 454 g/mol. The molecule has 2 aromatic heterocycles. The number of aryl methyl sites for hydroxylation is 1. The van der Waals surface area contributed by atoms with Crippen LogP contribution in [0.5, 0.6) is 0 Å². The Morgan fingerprint density at radius 3 is 2.31 bits per heavy atom. The number of rotatable bonds is 4. The first-order chi connectivity index (χ1) is 15.5. The highest BCUT2D eigenvalue weighted by molar-refractivity contribution is 7.90. The molecule has 32 heavy (non-hydrogen) atoms. The second-order valence-corrected chi connectivity index (χ2v) is 10.2. The minimum Gasteiger partial charge on any atom is -0.238 e. The number of thiophene rings is 1. The van der Waals surface area contributed by atoms with Gasteiger partial charge < -0.3 is 0 Å². The molecule has 0 N–H and O–H groups in total. The summed E-state index contributed by atoms with van der Waals surface area (Å²) in [5, 5.41) is 2.73. The van der Waals surface area contributed by atoms with Gasteiger partial charge >= 0.3 is 0 Å². The third-order valence-electron chi connectivity index (χ3n) is 5.44. The first kappa shape index (κ1) is 20.3. The lowest BCUT2D eigenvalue weighted by Crippen LogP contribution is -2.14. The summed E-state index contributed by atoms with van der Waals surface area (Å²) in [6.07, 6.45) is 0. The summed E-state index contributed by atoms with van der Waals surface area (Å²) < 4.78 is 29.4. The van der Waals surface area contributed by atoms with Crippen molar-refractivity contribution in [2.24, 2.45) is 0 Å². The fourth-order valence-corrected chi connectivity index (χ4v) is 6.33. The van der Waals surface area contributed by atoms with Crippen molar-refractivity contribution >= 4 is 38.0 Å². The molecule has 0 unspecified atom stereocenters. The van der Waals surface area contributed by atoms with Crippen molar-refractivity contribution in [1.82, 2.24) is 3.97 Å². The van der Waals surface area contributed by atoms with E-state index in [4.69, 9.17) is 6.57 Å². The van der Waals surface area contributed by atoms with Crippen LogP contribution >= 0.6 is 11.3 Å². The predicted octanol–water partition coefficient (Wildman–Crippen LogP) is 7.13. The topological polar surface area (TPSA) is 43.4 Å². The van der Waals surface area contributed by atoms with E-state index in [-0.39, 0.29) is 4.90 Å². The smallest absolute Gasteiger partial charge is 0.238 e. The van der Waals surface area contributed by atoms with Crippen LogP contribution in [-0.4, -0.2) is 12.4 Å². The molecule has 0 aliphatic rings. The van der Waals surface area contributed by atoms with E-state index in [0.29, 0.717) is 16.9 Å². The molecule has 0 radical (unpaired) electrons. The van der Waals surface area contributed by atoms with E-state index in [9.17, 15) is 8.42 Å². The first-order valence-electron chi connectivity index (χ1n) is 9.99. The van der Waals surface area contributed by atoms with Gasteiger partial charge in [-0.05, 0) is 42.1 Å². The van der Waals surface area contributed by atoms with Gasteiger partial charge in [0, 0.05) is 10.9 Å². The van der Waals surface area contributed by atoms with Crippen LogP contribution in [0.15, 0.2) is 95.2 Å². The number of aromatic nitrogens is 1. The Morgan fingerprint density at radius 1 is 0.875 bits per heavy atom. The summed E-state index contributed by atoms with van der Waals surface area (Å²) in [4.78, 5) is 4.76. The van der Waals surface area contributed by atoms with Gasteiger partial charge in [-0.2, -0.15) is 0 Å². The number of nitrogens with zero attached hydrogens (tertiary/aromatic N) is 2. The summed E-state index contributed by atoms with van der Waals surface area (Å²) in [6.45, 7) is 9.60. The zero-order valence-corrected chi connectivity index (χ0v) is 18.8. The van der Waals surface area contributed by atoms with Crippen molar-refractivity contribution in [2.45, 2.75) is 11.8 Å². The molecule has 0 fully saturated rings. The number of fused-ring (bicyclic) bond motifs is 1. The Kier molecular flexibility index (Phi) is 4.93. The van der Waals surface area contributed by atoms with Gasteiger partial charge in [0.25, 0.3) is 10.0 Å². The Balaban J connectivity index is 1.97. The van der Waals surface area contributed by atoms with Crippen molar-refractivity contribution in [1.29, 1.82) is 0 Å². The second kappa shape index (κ2) is 7.79. The van der Waals surface area contributed by atoms with Gasteiger partial charge in [-0.15, -0.1) is 11.3 Å². The number of benzene rings is 3. The van der Waals surface area contributed by atoms with E-state index in [1.807, 2.05) is 66.9 Å². The van der Waals surface area contributed by atoms with E-state index in [1.165, 1.54) is 15.3 Å². The summed E-state index contributed by atoms with van der Waals surface area (Å²) in [7, 11) is -3.90. The summed E-state index contributed by atoms with van der Waals surface area (Å²) in [5.41, 5.74) is 4.13. The van der Waals surface area contributed by atoms with Crippen molar-refractivity contribution in [3.63, 3.8) is 0 Å². The number of para-hydroxylation sites is 2. The fourth-order valence-electron chi connectivity index (χ4n) is 3.97. The highest BCUT2D eigenvalue weighted by Crippen LogP contribution is 2.46. The van der Waals surface area contributed by atoms with Crippen molar-refractivity contribution in [2.75, 3.05) is 0 Å². The zero-order chi connectivity index (χ0) is 22.3. The van der Waals surface area contributed by atoms with Gasteiger partial charge in [-0.3, -0.25) is 0 Å². The zero-order valence-electron chi connectivity index (χ0n) is 17.2. The van der Waals surface area contributed by atoms with Crippen molar-refractivity contribution < 1.29 is 8.42 Å². The minimum absolute atomic E-state index is 0.228. The molecular formula is C26H18N2O2S2. The van der Waals surface area contributed by atoms with Crippen molar-refractivity contribution in [3.05, 3.63) is 107 Å². The third kappa shape index (κ3) is 3.14. The largest absolute Gasteiger partial charge is 0.268 e. The molecule has 5 rings (SSSR count). The van der Waals surface area contributed by atoms with Crippen LogP contribution in [0.25, 0.3) is 37.4 Å². The van der Waals surface area contributed by atoms with Gasteiger partial charge in [-0.25, -0.2) is 17.2 Å². The van der Waals surface area contributed by atoms with E-state index in [1.54, 1.807) is 30.3 Å². The SMILES string of the molecule is [C-]#[N+]c1ccccc1-c1c(-c2cccs2)n(S(=O)(=O)c2ccc(C)cc2)c2ccccc12. The summed E-state index contributed by atoms with van der Waals surface area (Å²) >= 11 is 1.48. The lowest BCUT2D eigenvalue weighted by atomic mass is 9.99. The van der Waals surface area contributed by atoms with Crippen LogP contribution in [0.2, 0.25) is 0 Å². The molecule has 4 nitrogen and oxygen atoms in total. The standard InChI is InChI=1S/C26H18N2O2S2/c1-18-13-15-19(16-14-18)32(29,30)28-23-11-6-4-9-21(23)25(26(28)24-12-7-17-31-24)20-8-3-5-10-22(20)27-2/h3-17H,1H3. The molecule has 6 heteroatoms. The van der Waals surface area contributed by atoms with Crippen molar-refractivity contribution in [3.8, 4) is 21.7 Å². The summed E-state index contributed by atoms with van der Waals surface area (Å²) in [5.74, 6) is 0. The molecule has 0 amide bonds. The normalized spacial score (nSPS) is 11.5. The molecule has 0 spiro atoms. The minimum atomic E-state index is -3.90. The average molecular weight is 455 g/mol. The molecule has 5 aromatic rings. The highest BCUT2D eigenvalue weighted by Gasteiger charge is 2.29. The van der Waals surface area contributed by atoms with Gasteiger partial charge in [0.15, 0.2) is 5.69 Å².